The Balaban J connectivity index is 4.18. The van der Waals surface area contributed by atoms with E-state index in [4.69, 9.17) is 17.7 Å². The second-order valence-corrected chi connectivity index (χ2v) is 16.8. The minimum Gasteiger partial charge on any atom is -0.394 e. The maximum Gasteiger partial charge on any atom is 0.334 e. The molecule has 4 nitrogen and oxygen atoms in total. The summed E-state index contributed by atoms with van der Waals surface area (Å²) in [5, 5.41) is 0. The molecule has 0 amide bonds. The summed E-state index contributed by atoms with van der Waals surface area (Å²) in [6, 6.07) is 2.22. The van der Waals surface area contributed by atoms with E-state index in [0.29, 0.717) is 0 Å². The maximum atomic E-state index is 6.26. The van der Waals surface area contributed by atoms with E-state index >= 15 is 0 Å². The molecule has 0 aliphatic rings. The molecule has 0 aliphatic heterocycles. The SMILES string of the molecule is CCCCO[Si](C)(CCCSCCC[Si](C)(OCCCC)OCCCC)OCCCC. The monoisotopic (exact) mass is 494 g/mol. The third-order valence-electron chi connectivity index (χ3n) is 5.46. The van der Waals surface area contributed by atoms with Crippen LogP contribution in [0, 0.1) is 0 Å². The summed E-state index contributed by atoms with van der Waals surface area (Å²) in [5.41, 5.74) is 0. The molecule has 0 aromatic heterocycles. The van der Waals surface area contributed by atoms with Gasteiger partial charge in [0.25, 0.3) is 0 Å². The molecule has 31 heavy (non-hydrogen) atoms. The van der Waals surface area contributed by atoms with Crippen molar-refractivity contribution in [3.63, 3.8) is 0 Å². The van der Waals surface area contributed by atoms with E-state index in [0.717, 1.165) is 64.2 Å². The highest BCUT2D eigenvalue weighted by Gasteiger charge is 2.31. The quantitative estimate of drug-likeness (QED) is 0.101. The van der Waals surface area contributed by atoms with Gasteiger partial charge in [0.2, 0.25) is 0 Å². The van der Waals surface area contributed by atoms with Crippen LogP contribution in [0.1, 0.15) is 91.9 Å². The van der Waals surface area contributed by atoms with Crippen LogP contribution in [0.25, 0.3) is 0 Å². The normalized spacial score (nSPS) is 12.6. The molecular formula is C24H54O4SSi2. The molecule has 0 unspecified atom stereocenters. The first-order valence-corrected chi connectivity index (χ1v) is 19.3. The van der Waals surface area contributed by atoms with Crippen LogP contribution in [0.5, 0.6) is 0 Å². The van der Waals surface area contributed by atoms with Crippen molar-refractivity contribution in [2.75, 3.05) is 37.9 Å². The fraction of sp³-hybridized carbons (Fsp3) is 1.00. The predicted octanol–water partition coefficient (Wildman–Crippen LogP) is 7.91. The van der Waals surface area contributed by atoms with Crippen LogP contribution in [-0.4, -0.2) is 55.1 Å². The number of rotatable bonds is 24. The summed E-state index contributed by atoms with van der Waals surface area (Å²) in [7, 11) is -4.01. The third kappa shape index (κ3) is 18.7. The van der Waals surface area contributed by atoms with Gasteiger partial charge in [-0.1, -0.05) is 53.4 Å². The van der Waals surface area contributed by atoms with Gasteiger partial charge in [-0.3, -0.25) is 0 Å². The Labute approximate surface area is 201 Å². The van der Waals surface area contributed by atoms with Crippen molar-refractivity contribution in [1.29, 1.82) is 0 Å². The Bertz CT molecular complexity index is 335. The fourth-order valence-electron chi connectivity index (χ4n) is 3.19. The molecule has 0 radical (unpaired) electrons. The van der Waals surface area contributed by atoms with Crippen molar-refractivity contribution in [3.8, 4) is 0 Å². The molecule has 0 aromatic carbocycles. The molecule has 0 bridgehead atoms. The van der Waals surface area contributed by atoms with Crippen molar-refractivity contribution >= 4 is 28.9 Å². The summed E-state index contributed by atoms with van der Waals surface area (Å²) < 4.78 is 25.0. The van der Waals surface area contributed by atoms with E-state index in [9.17, 15) is 0 Å². The van der Waals surface area contributed by atoms with E-state index in [1.54, 1.807) is 0 Å². The van der Waals surface area contributed by atoms with Crippen LogP contribution in [0.3, 0.4) is 0 Å². The first kappa shape index (κ1) is 31.6. The maximum absolute atomic E-state index is 6.26. The summed E-state index contributed by atoms with van der Waals surface area (Å²) >= 11 is 2.07. The van der Waals surface area contributed by atoms with Crippen LogP contribution in [-0.2, 0) is 17.7 Å². The fourth-order valence-corrected chi connectivity index (χ4v) is 9.29. The molecule has 0 aromatic rings. The van der Waals surface area contributed by atoms with Crippen molar-refractivity contribution in [2.45, 2.75) is 117 Å². The first-order valence-electron chi connectivity index (χ1n) is 13.1. The second kappa shape index (κ2) is 21.2. The van der Waals surface area contributed by atoms with Crippen molar-refractivity contribution in [3.05, 3.63) is 0 Å². The minimum atomic E-state index is -2.01. The van der Waals surface area contributed by atoms with Crippen molar-refractivity contribution < 1.29 is 17.7 Å². The van der Waals surface area contributed by atoms with E-state index in [1.807, 2.05) is 0 Å². The van der Waals surface area contributed by atoms with Gasteiger partial charge in [0.15, 0.2) is 0 Å². The number of hydrogen-bond acceptors (Lipinski definition) is 5. The van der Waals surface area contributed by atoms with Gasteiger partial charge in [0.1, 0.15) is 0 Å². The van der Waals surface area contributed by atoms with Gasteiger partial charge in [-0.25, -0.2) is 0 Å². The molecule has 0 rings (SSSR count). The first-order chi connectivity index (χ1) is 14.9. The lowest BCUT2D eigenvalue weighted by atomic mass is 10.4. The zero-order chi connectivity index (χ0) is 23.3. The van der Waals surface area contributed by atoms with Crippen LogP contribution >= 0.6 is 11.8 Å². The molecule has 0 aliphatic carbocycles. The number of hydrogen-bond donors (Lipinski definition) is 0. The lowest BCUT2D eigenvalue weighted by Gasteiger charge is -2.27. The highest BCUT2D eigenvalue weighted by molar-refractivity contribution is 7.99. The molecule has 0 saturated heterocycles. The third-order valence-corrected chi connectivity index (χ3v) is 12.4. The molecular weight excluding hydrogens is 440 g/mol. The lowest BCUT2D eigenvalue weighted by molar-refractivity contribution is 0.168. The van der Waals surface area contributed by atoms with Crippen LogP contribution in [0.2, 0.25) is 25.2 Å². The smallest absolute Gasteiger partial charge is 0.334 e. The predicted molar refractivity (Wildman–Crippen MR) is 143 cm³/mol. The standard InChI is InChI=1S/C24H54O4SSi2/c1-7-11-17-25-30(5,26-18-12-8-2)23-15-21-29-22-16-24-31(6,27-19-13-9-3)28-20-14-10-4/h7-24H2,1-6H3. The summed E-state index contributed by atoms with van der Waals surface area (Å²) in [4.78, 5) is 0. The molecule has 0 fully saturated rings. The highest BCUT2D eigenvalue weighted by atomic mass is 32.2. The average molecular weight is 495 g/mol. The van der Waals surface area contributed by atoms with Gasteiger partial charge in [-0.2, -0.15) is 11.8 Å². The van der Waals surface area contributed by atoms with Crippen molar-refractivity contribution in [2.24, 2.45) is 0 Å². The molecule has 0 heterocycles. The molecule has 0 saturated carbocycles. The minimum absolute atomic E-state index is 0.859. The van der Waals surface area contributed by atoms with E-state index in [-0.39, 0.29) is 0 Å². The van der Waals surface area contributed by atoms with Crippen molar-refractivity contribution in [1.82, 2.24) is 0 Å². The molecule has 0 spiro atoms. The Morgan fingerprint density at radius 2 is 0.774 bits per heavy atom. The van der Waals surface area contributed by atoms with Gasteiger partial charge in [0, 0.05) is 26.4 Å². The largest absolute Gasteiger partial charge is 0.394 e. The number of unbranched alkanes of at least 4 members (excludes halogenated alkanes) is 4. The highest BCUT2D eigenvalue weighted by Crippen LogP contribution is 2.22. The summed E-state index contributed by atoms with van der Waals surface area (Å²) in [6.45, 7) is 16.8. The summed E-state index contributed by atoms with van der Waals surface area (Å²) in [6.07, 6.45) is 11.7. The zero-order valence-corrected chi connectivity index (χ0v) is 24.6. The van der Waals surface area contributed by atoms with Gasteiger partial charge in [-0.05, 0) is 75.2 Å². The van der Waals surface area contributed by atoms with E-state index < -0.39 is 17.1 Å². The average Bonchev–Trinajstić information content (AvgIpc) is 2.74. The van der Waals surface area contributed by atoms with Crippen LogP contribution < -0.4 is 0 Å². The van der Waals surface area contributed by atoms with Gasteiger partial charge in [-0.15, -0.1) is 0 Å². The Morgan fingerprint density at radius 3 is 1.03 bits per heavy atom. The van der Waals surface area contributed by atoms with E-state index in [2.05, 4.69) is 52.6 Å². The van der Waals surface area contributed by atoms with Gasteiger partial charge < -0.3 is 17.7 Å². The van der Waals surface area contributed by atoms with Gasteiger partial charge >= 0.3 is 17.1 Å². The van der Waals surface area contributed by atoms with Crippen LogP contribution in [0.4, 0.5) is 0 Å². The van der Waals surface area contributed by atoms with E-state index in [1.165, 1.54) is 50.0 Å². The zero-order valence-electron chi connectivity index (χ0n) is 21.8. The number of thioether (sulfide) groups is 1. The summed E-state index contributed by atoms with van der Waals surface area (Å²) in [5.74, 6) is 2.39. The molecule has 0 atom stereocenters. The second-order valence-electron chi connectivity index (χ2n) is 8.90. The Kier molecular flexibility index (Phi) is 21.6. The topological polar surface area (TPSA) is 36.9 Å². The van der Waals surface area contributed by atoms with Crippen LogP contribution in [0.15, 0.2) is 0 Å². The molecule has 7 heteroatoms. The Morgan fingerprint density at radius 1 is 0.484 bits per heavy atom. The van der Waals surface area contributed by atoms with Gasteiger partial charge in [0.05, 0.1) is 0 Å². The molecule has 0 N–H and O–H groups in total. The molecule has 188 valence electrons. The Hall–Kier alpha value is 0.624. The lowest BCUT2D eigenvalue weighted by Crippen LogP contribution is -2.39.